The number of fused-ring (bicyclic) bond motifs is 14. The average molecular weight is 1680 g/mol. The molecule has 23 N–H and O–H groups in total. The van der Waals surface area contributed by atoms with Gasteiger partial charge in [-0.1, -0.05) is 79.5 Å². The Kier molecular flexibility index (Phi) is 26.5. The second kappa shape index (κ2) is 35.8. The van der Waals surface area contributed by atoms with Gasteiger partial charge < -0.3 is 144 Å². The Labute approximate surface area is 685 Å². The van der Waals surface area contributed by atoms with E-state index in [9.17, 15) is 55.5 Å². The largest absolute Gasteiger partial charge is 0.508 e. The summed E-state index contributed by atoms with van der Waals surface area (Å²) in [6.07, 6.45) is -22.4. The van der Waals surface area contributed by atoms with Crippen molar-refractivity contribution >= 4 is 70.5 Å². The van der Waals surface area contributed by atoms with Crippen molar-refractivity contribution in [3.63, 3.8) is 0 Å². The van der Waals surface area contributed by atoms with Gasteiger partial charge in [-0.05, 0) is 141 Å². The highest BCUT2D eigenvalue weighted by Crippen LogP contribution is 2.51. The summed E-state index contributed by atoms with van der Waals surface area (Å²) < 4.78 is 52.2. The van der Waals surface area contributed by atoms with Gasteiger partial charge >= 0.3 is 0 Å². The van der Waals surface area contributed by atoms with Crippen molar-refractivity contribution in [2.45, 2.75) is 207 Å². The molecule has 8 heterocycles. The third-order valence-electron chi connectivity index (χ3n) is 21.5. The zero-order valence-electron chi connectivity index (χ0n) is 64.8. The van der Waals surface area contributed by atoms with E-state index in [4.69, 9.17) is 78.3 Å². The van der Waals surface area contributed by atoms with Crippen molar-refractivity contribution in [1.82, 2.24) is 42.5 Å². The third kappa shape index (κ3) is 19.0. The summed E-state index contributed by atoms with van der Waals surface area (Å²) in [6.45, 7) is 8.47. The molecule has 10 unspecified atom stereocenters. The van der Waals surface area contributed by atoms with Crippen molar-refractivity contribution in [3.05, 3.63) is 153 Å². The number of ether oxygens (including phenoxy) is 8. The minimum Gasteiger partial charge on any atom is -0.508 e. The molecule has 8 aliphatic rings. The number of likely N-dealkylation sites (N-methyl/N-ethyl adjacent to an activating group) is 1. The van der Waals surface area contributed by atoms with Gasteiger partial charge in [0.05, 0.1) is 48.5 Å². The molecule has 8 aliphatic heterocycles. The van der Waals surface area contributed by atoms with Crippen LogP contribution in [0.25, 0.3) is 11.1 Å². The van der Waals surface area contributed by atoms with E-state index in [0.717, 1.165) is 36.4 Å². The maximum absolute atomic E-state index is 16.7. The molecule has 0 aromatic heterocycles. The molecule has 6 aromatic rings. The second-order valence-electron chi connectivity index (χ2n) is 31.1. The molecule has 9 bridgehead atoms. The van der Waals surface area contributed by atoms with Gasteiger partial charge in [0.25, 0.3) is 0 Å². The van der Waals surface area contributed by atoms with Crippen molar-refractivity contribution in [2.24, 2.45) is 23.1 Å². The number of aliphatic hydroxyl groups excluding tert-OH is 6. The zero-order chi connectivity index (χ0) is 85.4. The Morgan fingerprint density at radius 1 is 0.653 bits per heavy atom. The number of primary amides is 1. The van der Waals surface area contributed by atoms with Gasteiger partial charge in [-0.3, -0.25) is 38.4 Å². The van der Waals surface area contributed by atoms with E-state index >= 15 is 28.8 Å². The van der Waals surface area contributed by atoms with Crippen LogP contribution in [0.3, 0.4) is 0 Å². The molecule has 0 radical (unpaired) electrons. The molecule has 14 rings (SSSR count). The number of nitrogens with one attached hydrogen (secondary N) is 8. The number of aliphatic hydroxyl groups is 6. The monoisotopic (exact) mass is 1680 g/mol. The standard InChI is InChI=1S/C80H95Cl2N11O25/c1-32(2)21-45(86-7)71(104)92-61-63(99)37-15-20-49(44(82)22-37)114-51-24-38-23-50(67(51)118-78-68(65(101)64(100)52(31-94)115-78)117-55-29-80(6,85)70(103)34(4)112-55)113-41-18-13-36(14-19-41)66(116-54-28-79(5,84)69(102)33(3)111-54)62-77(110)91-60(73(106)87-30-35-11-16-39(81)17-12-35)43-25-40(95)26-48(97)57(43)56-42(9-8-10-47(56)96)59(75(108)93-62)90-74(107)58(38)89-72(105)46(27-53(83)98)88-76(61)109/h8-20,22-26,32-34,45-46,52,54-55,58-66,68-70,78,86,94-97,99-103H,21,27-31,84-85H2,1-7H3,(H2,83,98)(H,87,106)(H,88,109)(H,89,105)(H,90,107)(H,91,110)(H,92,104)(H,93,108)/t33-,34+,45?,46?,52-,54-,55+,58?,59?,60?,61?,62?,63?,64-,65+,66?,68-,69-,70-,78+,79?,80+/m1/s1. The van der Waals surface area contributed by atoms with Crippen LogP contribution in [0.4, 0.5) is 0 Å². The predicted octanol–water partition coefficient (Wildman–Crippen LogP) is 1.58. The van der Waals surface area contributed by atoms with E-state index in [0.29, 0.717) is 10.6 Å². The van der Waals surface area contributed by atoms with E-state index in [1.54, 1.807) is 24.3 Å². The van der Waals surface area contributed by atoms with Gasteiger partial charge in [0, 0.05) is 52.7 Å². The van der Waals surface area contributed by atoms with Crippen LogP contribution >= 0.6 is 23.2 Å². The Morgan fingerprint density at radius 3 is 1.89 bits per heavy atom. The summed E-state index contributed by atoms with van der Waals surface area (Å²) in [7, 11) is 1.48. The molecule has 634 valence electrons. The summed E-state index contributed by atoms with van der Waals surface area (Å²) in [5, 5.41) is 127. The number of aromatic hydroxyl groups is 3. The lowest BCUT2D eigenvalue weighted by Crippen LogP contribution is -2.64. The van der Waals surface area contributed by atoms with Crippen molar-refractivity contribution < 1.29 is 122 Å². The lowest BCUT2D eigenvalue weighted by molar-refractivity contribution is -0.333. The topological polar surface area (TPSA) is 567 Å². The molecule has 36 nitrogen and oxygen atoms in total. The maximum Gasteiger partial charge on any atom is 0.248 e. The number of halogens is 2. The van der Waals surface area contributed by atoms with Gasteiger partial charge in [0.1, 0.15) is 95.5 Å². The number of amides is 8. The maximum atomic E-state index is 16.7. The van der Waals surface area contributed by atoms with Crippen LogP contribution in [0, 0.1) is 5.92 Å². The summed E-state index contributed by atoms with van der Waals surface area (Å²) >= 11 is 13.4. The number of carbonyl (C=O) groups is 8. The first-order chi connectivity index (χ1) is 55.8. The summed E-state index contributed by atoms with van der Waals surface area (Å²) in [4.78, 5) is 123. The quantitative estimate of drug-likeness (QED) is 0.0616. The predicted molar refractivity (Wildman–Crippen MR) is 416 cm³/mol. The minimum absolute atomic E-state index is 0.0135. The summed E-state index contributed by atoms with van der Waals surface area (Å²) in [5.41, 5.74) is 14.2. The van der Waals surface area contributed by atoms with Gasteiger partial charge in [0.15, 0.2) is 30.2 Å². The molecule has 22 atom stereocenters. The van der Waals surface area contributed by atoms with Crippen LogP contribution in [0.1, 0.15) is 131 Å². The number of rotatable bonds is 17. The molecule has 3 fully saturated rings. The summed E-state index contributed by atoms with van der Waals surface area (Å²) in [6, 6.07) is 8.51. The molecule has 3 saturated heterocycles. The highest BCUT2D eigenvalue weighted by molar-refractivity contribution is 6.32. The number of phenolic OH excluding ortho intramolecular Hbond substituents is 3. The zero-order valence-corrected chi connectivity index (χ0v) is 66.3. The van der Waals surface area contributed by atoms with Gasteiger partial charge in [0.2, 0.25) is 59.3 Å². The van der Waals surface area contributed by atoms with E-state index in [1.165, 1.54) is 83.3 Å². The second-order valence-corrected chi connectivity index (χ2v) is 31.9. The van der Waals surface area contributed by atoms with E-state index in [1.807, 2.05) is 13.8 Å². The van der Waals surface area contributed by atoms with Gasteiger partial charge in [-0.15, -0.1) is 0 Å². The molecule has 0 aliphatic carbocycles. The van der Waals surface area contributed by atoms with Gasteiger partial charge in [-0.25, -0.2) is 0 Å². The molecule has 0 saturated carbocycles. The molecule has 118 heavy (non-hydrogen) atoms. The Morgan fingerprint density at radius 2 is 1.27 bits per heavy atom. The van der Waals surface area contributed by atoms with Crippen molar-refractivity contribution in [3.8, 4) is 57.1 Å². The van der Waals surface area contributed by atoms with Crippen LogP contribution in [-0.2, 0) is 68.6 Å². The van der Waals surface area contributed by atoms with Crippen LogP contribution < -0.4 is 73.9 Å². The fraction of sp³-hybridized carbons (Fsp3) is 0.450. The van der Waals surface area contributed by atoms with Crippen molar-refractivity contribution in [2.75, 3.05) is 13.7 Å². The number of nitrogens with two attached hydrogens (primary N) is 3. The van der Waals surface area contributed by atoms with Crippen molar-refractivity contribution in [1.29, 1.82) is 0 Å². The third-order valence-corrected chi connectivity index (χ3v) is 22.0. The Bertz CT molecular complexity index is 4780. The fourth-order valence-corrected chi connectivity index (χ4v) is 15.6. The van der Waals surface area contributed by atoms with Crippen LogP contribution in [0.5, 0.6) is 46.0 Å². The highest BCUT2D eigenvalue weighted by atomic mass is 35.5. The minimum atomic E-state index is -2.39. The molecule has 6 aromatic carbocycles. The lowest BCUT2D eigenvalue weighted by atomic mass is 9.86. The number of phenols is 3. The molecular weight excluding hydrogens is 1590 g/mol. The molecular formula is C80H95Cl2N11O25. The lowest BCUT2D eigenvalue weighted by Gasteiger charge is -2.47. The van der Waals surface area contributed by atoms with E-state index < -0.39 is 256 Å². The van der Waals surface area contributed by atoms with Crippen LogP contribution in [0.15, 0.2) is 109 Å². The smallest absolute Gasteiger partial charge is 0.248 e. The van der Waals surface area contributed by atoms with E-state index in [-0.39, 0.29) is 59.4 Å². The van der Waals surface area contributed by atoms with E-state index in [2.05, 4.69) is 42.5 Å². The first kappa shape index (κ1) is 87.2. The normalized spacial score (nSPS) is 30.8. The number of benzene rings is 6. The van der Waals surface area contributed by atoms with Crippen LogP contribution in [-0.4, -0.2) is 210 Å². The van der Waals surface area contributed by atoms with Crippen LogP contribution in [0.2, 0.25) is 10.0 Å². The van der Waals surface area contributed by atoms with Gasteiger partial charge in [-0.2, -0.15) is 0 Å². The molecule has 0 spiro atoms. The Balaban J connectivity index is 1.12. The highest BCUT2D eigenvalue weighted by Gasteiger charge is 2.53. The molecule has 38 heteroatoms. The Hall–Kier alpha value is -10.1. The number of hydrogen-bond donors (Lipinski definition) is 20. The fourth-order valence-electron chi connectivity index (χ4n) is 15.2. The average Bonchev–Trinajstić information content (AvgIpc) is 1.19. The molecule has 8 amide bonds. The first-order valence-corrected chi connectivity index (χ1v) is 38.7. The number of carbonyl (C=O) groups excluding carboxylic acids is 8. The SMILES string of the molecule is CNC(CC(C)C)C(=O)NC1C(=O)NC(CC(N)=O)C(=O)NC2C(=O)NC3C(=O)NC(C(=O)NC(C(=O)NCc4ccc(Cl)cc4)c4cc(O)cc(O)c4-c4c(O)cccc43)C(O[C@@H]3CC(C)(N)[C@H](O)[C@@H](C)O3)c3ccc(cc3)Oc3cc2cc(c3O[C@@H]2O[C@H](CO)[C@@H](O)[C@H](O)[C@H]2O[C@H]2C[C@](C)(N)[C@H](O)[C@H](C)O2)Oc2ccc(cc2Cl)C1O. The first-order valence-electron chi connectivity index (χ1n) is 38.0. The summed E-state index contributed by atoms with van der Waals surface area (Å²) in [5.74, 6) is -14.7. The number of hydrogen-bond acceptors (Lipinski definition) is 28.